The lowest BCUT2D eigenvalue weighted by atomic mass is 10.3. The third kappa shape index (κ3) is 6.66. The lowest BCUT2D eigenvalue weighted by molar-refractivity contribution is -0.113. The zero-order valence-corrected chi connectivity index (χ0v) is 20.6. The summed E-state index contributed by atoms with van der Waals surface area (Å²) in [5.41, 5.74) is 0.624. The molecule has 0 spiro atoms. The highest BCUT2D eigenvalue weighted by molar-refractivity contribution is 7.99. The second-order valence-corrected chi connectivity index (χ2v) is 8.63. The molecule has 174 valence electrons. The van der Waals surface area contributed by atoms with Crippen LogP contribution in [0, 0.1) is 0 Å². The Labute approximate surface area is 207 Å². The summed E-state index contributed by atoms with van der Waals surface area (Å²) in [4.78, 5) is 12.5. The standard InChI is InChI=1S/C23H24Cl2N4O3S/c1-4-12-29-22(15(3)32-20-13-16(24)10-11-17(20)25)27-28-23(29)33-14-21(30)26-18-8-6-7-9-19(18)31-5-2/h4,6-11,13,15H,1,5,12,14H2,2-3H3,(H,26,30). The summed E-state index contributed by atoms with van der Waals surface area (Å²) in [5, 5.41) is 12.9. The first kappa shape index (κ1) is 25.0. The molecule has 0 aliphatic carbocycles. The monoisotopic (exact) mass is 506 g/mol. The molecule has 1 unspecified atom stereocenters. The van der Waals surface area contributed by atoms with Gasteiger partial charge < -0.3 is 14.8 Å². The molecular weight excluding hydrogens is 483 g/mol. The average Bonchev–Trinajstić information content (AvgIpc) is 3.19. The van der Waals surface area contributed by atoms with E-state index in [1.54, 1.807) is 30.3 Å². The van der Waals surface area contributed by atoms with Gasteiger partial charge in [0, 0.05) is 17.6 Å². The topological polar surface area (TPSA) is 78.3 Å². The number of carbonyl (C=O) groups is 1. The molecular formula is C23H24Cl2N4O3S. The summed E-state index contributed by atoms with van der Waals surface area (Å²) in [6.45, 7) is 8.50. The summed E-state index contributed by atoms with van der Waals surface area (Å²) >= 11 is 13.5. The molecule has 2 aromatic carbocycles. The van der Waals surface area contributed by atoms with Crippen LogP contribution < -0.4 is 14.8 Å². The van der Waals surface area contributed by atoms with E-state index in [2.05, 4.69) is 22.1 Å². The van der Waals surface area contributed by atoms with Crippen molar-refractivity contribution in [2.45, 2.75) is 31.7 Å². The van der Waals surface area contributed by atoms with Crippen LogP contribution in [-0.4, -0.2) is 33.0 Å². The van der Waals surface area contributed by atoms with Crippen LogP contribution in [0.25, 0.3) is 0 Å². The molecule has 3 aromatic rings. The minimum atomic E-state index is -0.463. The van der Waals surface area contributed by atoms with Crippen molar-refractivity contribution >= 4 is 46.6 Å². The molecule has 0 saturated carbocycles. The molecule has 33 heavy (non-hydrogen) atoms. The second kappa shape index (κ2) is 12.0. The van der Waals surface area contributed by atoms with Crippen molar-refractivity contribution in [1.82, 2.24) is 14.8 Å². The van der Waals surface area contributed by atoms with Crippen molar-refractivity contribution in [2.75, 3.05) is 17.7 Å². The Balaban J connectivity index is 1.69. The van der Waals surface area contributed by atoms with Crippen LogP contribution in [0.5, 0.6) is 11.5 Å². The Bertz CT molecular complexity index is 1120. The summed E-state index contributed by atoms with van der Waals surface area (Å²) in [6, 6.07) is 12.3. The van der Waals surface area contributed by atoms with Gasteiger partial charge in [-0.1, -0.05) is 53.2 Å². The smallest absolute Gasteiger partial charge is 0.234 e. The van der Waals surface area contributed by atoms with Gasteiger partial charge in [0.25, 0.3) is 0 Å². The summed E-state index contributed by atoms with van der Waals surface area (Å²) < 4.78 is 13.4. The normalized spacial score (nSPS) is 11.6. The molecule has 1 heterocycles. The number of hydrogen-bond acceptors (Lipinski definition) is 6. The highest BCUT2D eigenvalue weighted by atomic mass is 35.5. The van der Waals surface area contributed by atoms with Crippen LogP contribution in [0.2, 0.25) is 10.0 Å². The Morgan fingerprint density at radius 3 is 2.79 bits per heavy atom. The summed E-state index contributed by atoms with van der Waals surface area (Å²) in [6.07, 6.45) is 1.27. The zero-order chi connectivity index (χ0) is 23.8. The Morgan fingerprint density at radius 1 is 1.24 bits per heavy atom. The van der Waals surface area contributed by atoms with Crippen LogP contribution in [0.4, 0.5) is 5.69 Å². The SMILES string of the molecule is C=CCn1c(SCC(=O)Nc2ccccc2OCC)nnc1C(C)Oc1cc(Cl)ccc1Cl. The van der Waals surface area contributed by atoms with Gasteiger partial charge in [0.05, 0.1) is 23.1 Å². The zero-order valence-electron chi connectivity index (χ0n) is 18.3. The molecule has 7 nitrogen and oxygen atoms in total. The van der Waals surface area contributed by atoms with E-state index in [-0.39, 0.29) is 11.7 Å². The second-order valence-electron chi connectivity index (χ2n) is 6.84. The number of nitrogens with zero attached hydrogens (tertiary/aromatic N) is 3. The number of ether oxygens (including phenoxy) is 2. The van der Waals surface area contributed by atoms with E-state index in [1.807, 2.05) is 36.6 Å². The Morgan fingerprint density at radius 2 is 2.03 bits per heavy atom. The number of nitrogens with one attached hydrogen (secondary N) is 1. The number of para-hydroxylation sites is 2. The van der Waals surface area contributed by atoms with E-state index in [1.165, 1.54) is 11.8 Å². The lowest BCUT2D eigenvalue weighted by Gasteiger charge is -2.16. The molecule has 0 bridgehead atoms. The van der Waals surface area contributed by atoms with E-state index < -0.39 is 6.10 Å². The van der Waals surface area contributed by atoms with Crippen molar-refractivity contribution in [3.05, 3.63) is 71.0 Å². The van der Waals surface area contributed by atoms with E-state index in [0.717, 1.165) is 0 Å². The van der Waals surface area contributed by atoms with Crippen LogP contribution in [0.1, 0.15) is 25.8 Å². The van der Waals surface area contributed by atoms with Crippen molar-refractivity contribution in [1.29, 1.82) is 0 Å². The predicted octanol–water partition coefficient (Wildman–Crippen LogP) is 6.04. The molecule has 1 amide bonds. The van der Waals surface area contributed by atoms with E-state index >= 15 is 0 Å². The quantitative estimate of drug-likeness (QED) is 0.252. The first-order valence-corrected chi connectivity index (χ1v) is 12.0. The third-order valence-corrected chi connectivity index (χ3v) is 5.93. The maximum absolute atomic E-state index is 12.5. The molecule has 0 radical (unpaired) electrons. The fraction of sp³-hybridized carbons (Fsp3) is 0.261. The minimum absolute atomic E-state index is 0.144. The van der Waals surface area contributed by atoms with Gasteiger partial charge >= 0.3 is 0 Å². The number of benzene rings is 2. The third-order valence-electron chi connectivity index (χ3n) is 4.41. The number of hydrogen-bond donors (Lipinski definition) is 1. The predicted molar refractivity (Wildman–Crippen MR) is 133 cm³/mol. The molecule has 1 atom stereocenters. The van der Waals surface area contributed by atoms with Crippen molar-refractivity contribution < 1.29 is 14.3 Å². The van der Waals surface area contributed by atoms with Gasteiger partial charge in [-0.3, -0.25) is 9.36 Å². The number of rotatable bonds is 11. The van der Waals surface area contributed by atoms with E-state index in [4.69, 9.17) is 32.7 Å². The molecule has 0 aliphatic heterocycles. The fourth-order valence-corrected chi connectivity index (χ4v) is 4.07. The van der Waals surface area contributed by atoms with Gasteiger partial charge in [-0.05, 0) is 38.1 Å². The van der Waals surface area contributed by atoms with Gasteiger partial charge in [0.15, 0.2) is 17.1 Å². The number of amides is 1. The maximum atomic E-state index is 12.5. The maximum Gasteiger partial charge on any atom is 0.234 e. The number of thioether (sulfide) groups is 1. The van der Waals surface area contributed by atoms with E-state index in [9.17, 15) is 4.79 Å². The molecule has 0 saturated heterocycles. The number of allylic oxidation sites excluding steroid dienone is 1. The van der Waals surface area contributed by atoms with Gasteiger partial charge in [-0.15, -0.1) is 16.8 Å². The Hall–Kier alpha value is -2.68. The van der Waals surface area contributed by atoms with E-state index in [0.29, 0.717) is 51.4 Å². The minimum Gasteiger partial charge on any atom is -0.492 e. The van der Waals surface area contributed by atoms with Gasteiger partial charge in [-0.2, -0.15) is 0 Å². The van der Waals surface area contributed by atoms with Crippen LogP contribution in [0.15, 0.2) is 60.3 Å². The summed E-state index contributed by atoms with van der Waals surface area (Å²) in [7, 11) is 0. The van der Waals surface area contributed by atoms with Crippen LogP contribution >= 0.6 is 35.0 Å². The first-order chi connectivity index (χ1) is 15.9. The molecule has 1 N–H and O–H groups in total. The van der Waals surface area contributed by atoms with Gasteiger partial charge in [0.1, 0.15) is 11.5 Å². The average molecular weight is 507 g/mol. The lowest BCUT2D eigenvalue weighted by Crippen LogP contribution is -2.16. The number of aromatic nitrogens is 3. The van der Waals surface area contributed by atoms with Crippen molar-refractivity contribution in [3.63, 3.8) is 0 Å². The summed E-state index contributed by atoms with van der Waals surface area (Å²) in [5.74, 6) is 1.62. The van der Waals surface area contributed by atoms with Gasteiger partial charge in [-0.25, -0.2) is 0 Å². The number of anilines is 1. The van der Waals surface area contributed by atoms with Gasteiger partial charge in [0.2, 0.25) is 5.91 Å². The first-order valence-electron chi connectivity index (χ1n) is 10.2. The molecule has 3 rings (SSSR count). The number of carbonyl (C=O) groups excluding carboxylic acids is 1. The molecule has 1 aromatic heterocycles. The Kier molecular flexibility index (Phi) is 9.05. The number of halogens is 2. The highest BCUT2D eigenvalue weighted by Gasteiger charge is 2.21. The molecule has 0 fully saturated rings. The largest absolute Gasteiger partial charge is 0.492 e. The highest BCUT2D eigenvalue weighted by Crippen LogP contribution is 2.32. The van der Waals surface area contributed by atoms with Crippen molar-refractivity contribution in [2.24, 2.45) is 0 Å². The fourth-order valence-electron chi connectivity index (χ4n) is 2.99. The molecule has 10 heteroatoms. The van der Waals surface area contributed by atoms with Crippen molar-refractivity contribution in [3.8, 4) is 11.5 Å². The molecule has 0 aliphatic rings. The van der Waals surface area contributed by atoms with Crippen LogP contribution in [0.3, 0.4) is 0 Å². The van der Waals surface area contributed by atoms with Crippen LogP contribution in [-0.2, 0) is 11.3 Å².